The molecule has 0 amide bonds. The minimum absolute atomic E-state index is 0.214. The second-order valence-corrected chi connectivity index (χ2v) is 7.69. The van der Waals surface area contributed by atoms with E-state index in [9.17, 15) is 9.90 Å². The number of nitrogens with zero attached hydrogens (tertiary/aromatic N) is 1. The third-order valence-electron chi connectivity index (χ3n) is 5.61. The number of aromatic nitrogens is 2. The topological polar surface area (TPSA) is 72.1 Å². The van der Waals surface area contributed by atoms with Crippen molar-refractivity contribution in [3.8, 4) is 0 Å². The van der Waals surface area contributed by atoms with Crippen molar-refractivity contribution in [2.24, 2.45) is 5.92 Å². The highest BCUT2D eigenvalue weighted by Crippen LogP contribution is 2.24. The largest absolute Gasteiger partial charge is 0.388 e. The van der Waals surface area contributed by atoms with E-state index in [4.69, 9.17) is 0 Å². The molecule has 1 fully saturated rings. The van der Waals surface area contributed by atoms with Crippen LogP contribution in [0.1, 0.15) is 36.5 Å². The third kappa shape index (κ3) is 4.49. The summed E-state index contributed by atoms with van der Waals surface area (Å²) in [5.41, 5.74) is 3.58. The van der Waals surface area contributed by atoms with Gasteiger partial charge < -0.3 is 20.0 Å². The van der Waals surface area contributed by atoms with Gasteiger partial charge in [0.2, 0.25) is 0 Å². The Balaban J connectivity index is 1.32. The van der Waals surface area contributed by atoms with Crippen molar-refractivity contribution >= 4 is 11.0 Å². The molecule has 2 aromatic carbocycles. The Kier molecular flexibility index (Phi) is 5.41. The predicted molar refractivity (Wildman–Crippen MR) is 108 cm³/mol. The number of benzene rings is 2. The average molecular weight is 365 g/mol. The maximum atomic E-state index is 11.4. The molecule has 0 bridgehead atoms. The summed E-state index contributed by atoms with van der Waals surface area (Å²) in [5.74, 6) is 0.694. The second kappa shape index (κ2) is 8.11. The molecule has 4 rings (SSSR count). The van der Waals surface area contributed by atoms with Gasteiger partial charge in [-0.15, -0.1) is 0 Å². The SMILES string of the molecule is O=c1[nH]c2ccc(C(O)CCN3CCCC(Cc4ccccc4)C3)cc2[nH]1. The fourth-order valence-electron chi connectivity index (χ4n) is 4.20. The van der Waals surface area contributed by atoms with E-state index in [2.05, 4.69) is 45.2 Å². The number of aromatic amines is 2. The zero-order valence-electron chi connectivity index (χ0n) is 15.5. The number of hydrogen-bond donors (Lipinski definition) is 3. The van der Waals surface area contributed by atoms with E-state index in [1.807, 2.05) is 18.2 Å². The van der Waals surface area contributed by atoms with E-state index in [1.165, 1.54) is 18.4 Å². The Hall–Kier alpha value is -2.37. The number of imidazole rings is 1. The number of H-pyrrole nitrogens is 2. The number of aliphatic hydroxyl groups excluding tert-OH is 1. The average Bonchev–Trinajstić information content (AvgIpc) is 3.06. The summed E-state index contributed by atoms with van der Waals surface area (Å²) in [6.45, 7) is 3.11. The fourth-order valence-corrected chi connectivity index (χ4v) is 4.20. The number of likely N-dealkylation sites (tertiary alicyclic amines) is 1. The number of aliphatic hydroxyl groups is 1. The standard InChI is InChI=1S/C22H27N3O2/c26-21(18-8-9-19-20(14-18)24-22(27)23-19)10-12-25-11-4-7-17(15-25)13-16-5-2-1-3-6-16/h1-3,5-6,8-9,14,17,21,26H,4,7,10-13,15H2,(H2,23,24,27). The van der Waals surface area contributed by atoms with Crippen LogP contribution in [0.3, 0.4) is 0 Å². The highest BCUT2D eigenvalue weighted by molar-refractivity contribution is 5.75. The van der Waals surface area contributed by atoms with E-state index in [1.54, 1.807) is 0 Å². The molecule has 27 heavy (non-hydrogen) atoms. The molecule has 142 valence electrons. The lowest BCUT2D eigenvalue weighted by atomic mass is 9.91. The van der Waals surface area contributed by atoms with Crippen LogP contribution < -0.4 is 5.69 Å². The summed E-state index contributed by atoms with van der Waals surface area (Å²) >= 11 is 0. The maximum absolute atomic E-state index is 11.4. The third-order valence-corrected chi connectivity index (χ3v) is 5.61. The van der Waals surface area contributed by atoms with E-state index in [0.717, 1.165) is 42.7 Å². The second-order valence-electron chi connectivity index (χ2n) is 7.69. The molecule has 2 unspecified atom stereocenters. The summed E-state index contributed by atoms with van der Waals surface area (Å²) < 4.78 is 0. The highest BCUT2D eigenvalue weighted by Gasteiger charge is 2.21. The smallest absolute Gasteiger partial charge is 0.323 e. The fraction of sp³-hybridized carbons (Fsp3) is 0.409. The Bertz CT molecular complexity index is 931. The Morgan fingerprint density at radius 3 is 2.78 bits per heavy atom. The van der Waals surface area contributed by atoms with Gasteiger partial charge in [0.25, 0.3) is 0 Å². The number of rotatable bonds is 6. The number of nitrogens with one attached hydrogen (secondary N) is 2. The lowest BCUT2D eigenvalue weighted by Gasteiger charge is -2.33. The molecule has 5 nitrogen and oxygen atoms in total. The summed E-state index contributed by atoms with van der Waals surface area (Å²) in [6.07, 6.45) is 3.84. The number of fused-ring (bicyclic) bond motifs is 1. The molecular formula is C22H27N3O2. The molecule has 5 heteroatoms. The van der Waals surface area contributed by atoms with Gasteiger partial charge in [0.15, 0.2) is 0 Å². The van der Waals surface area contributed by atoms with Crippen LogP contribution in [0.2, 0.25) is 0 Å². The molecule has 1 aliphatic heterocycles. The minimum Gasteiger partial charge on any atom is -0.388 e. The quantitative estimate of drug-likeness (QED) is 0.628. The van der Waals surface area contributed by atoms with Crippen LogP contribution in [0.5, 0.6) is 0 Å². The van der Waals surface area contributed by atoms with Crippen molar-refractivity contribution in [2.45, 2.75) is 31.8 Å². The van der Waals surface area contributed by atoms with Gasteiger partial charge in [0.1, 0.15) is 0 Å². The number of piperidine rings is 1. The molecule has 0 radical (unpaired) electrons. The predicted octanol–water partition coefficient (Wildman–Crippen LogP) is 3.23. The highest BCUT2D eigenvalue weighted by atomic mass is 16.3. The maximum Gasteiger partial charge on any atom is 0.323 e. The number of hydrogen-bond acceptors (Lipinski definition) is 3. The van der Waals surface area contributed by atoms with Crippen molar-refractivity contribution in [1.82, 2.24) is 14.9 Å². The van der Waals surface area contributed by atoms with Crippen molar-refractivity contribution < 1.29 is 5.11 Å². The van der Waals surface area contributed by atoms with E-state index in [0.29, 0.717) is 12.3 Å². The van der Waals surface area contributed by atoms with E-state index < -0.39 is 6.10 Å². The Morgan fingerprint density at radius 2 is 1.93 bits per heavy atom. The molecule has 3 N–H and O–H groups in total. The molecule has 0 saturated carbocycles. The molecule has 0 aliphatic carbocycles. The molecule has 3 aromatic rings. The van der Waals surface area contributed by atoms with Crippen LogP contribution in [0.15, 0.2) is 53.3 Å². The van der Waals surface area contributed by atoms with Crippen LogP contribution in [-0.2, 0) is 6.42 Å². The first-order chi connectivity index (χ1) is 13.2. The first kappa shape index (κ1) is 18.0. The molecule has 1 saturated heterocycles. The van der Waals surface area contributed by atoms with Gasteiger partial charge in [0, 0.05) is 13.1 Å². The molecule has 2 heterocycles. The summed E-state index contributed by atoms with van der Waals surface area (Å²) in [5, 5.41) is 10.6. The monoisotopic (exact) mass is 365 g/mol. The molecule has 1 aliphatic rings. The van der Waals surface area contributed by atoms with Gasteiger partial charge in [-0.25, -0.2) is 4.79 Å². The first-order valence-corrected chi connectivity index (χ1v) is 9.83. The molecular weight excluding hydrogens is 338 g/mol. The van der Waals surface area contributed by atoms with Crippen LogP contribution in [0, 0.1) is 5.92 Å². The van der Waals surface area contributed by atoms with Crippen molar-refractivity contribution in [1.29, 1.82) is 0 Å². The zero-order chi connectivity index (χ0) is 18.6. The lowest BCUT2D eigenvalue weighted by Crippen LogP contribution is -2.37. The van der Waals surface area contributed by atoms with Crippen LogP contribution in [0.25, 0.3) is 11.0 Å². The molecule has 0 spiro atoms. The van der Waals surface area contributed by atoms with E-state index in [-0.39, 0.29) is 5.69 Å². The summed E-state index contributed by atoms with van der Waals surface area (Å²) in [4.78, 5) is 19.4. The lowest BCUT2D eigenvalue weighted by molar-refractivity contribution is 0.118. The van der Waals surface area contributed by atoms with Gasteiger partial charge in [-0.05, 0) is 61.4 Å². The Morgan fingerprint density at radius 1 is 1.11 bits per heavy atom. The normalized spacial score (nSPS) is 19.4. The van der Waals surface area contributed by atoms with Crippen molar-refractivity contribution in [3.63, 3.8) is 0 Å². The van der Waals surface area contributed by atoms with Gasteiger partial charge in [-0.2, -0.15) is 0 Å². The first-order valence-electron chi connectivity index (χ1n) is 9.83. The molecule has 1 aromatic heterocycles. The van der Waals surface area contributed by atoms with Crippen LogP contribution in [-0.4, -0.2) is 39.6 Å². The van der Waals surface area contributed by atoms with Gasteiger partial charge in [0.05, 0.1) is 17.1 Å². The molecule has 2 atom stereocenters. The Labute approximate surface area is 159 Å². The van der Waals surface area contributed by atoms with Crippen LogP contribution in [0.4, 0.5) is 0 Å². The summed E-state index contributed by atoms with van der Waals surface area (Å²) in [7, 11) is 0. The minimum atomic E-state index is -0.512. The van der Waals surface area contributed by atoms with Crippen molar-refractivity contribution in [3.05, 3.63) is 70.1 Å². The van der Waals surface area contributed by atoms with Gasteiger partial charge >= 0.3 is 5.69 Å². The summed E-state index contributed by atoms with van der Waals surface area (Å²) in [6, 6.07) is 16.3. The zero-order valence-corrected chi connectivity index (χ0v) is 15.5. The van der Waals surface area contributed by atoms with Crippen molar-refractivity contribution in [2.75, 3.05) is 19.6 Å². The van der Waals surface area contributed by atoms with Crippen LogP contribution >= 0.6 is 0 Å². The van der Waals surface area contributed by atoms with Gasteiger partial charge in [-0.3, -0.25) is 0 Å². The van der Waals surface area contributed by atoms with Gasteiger partial charge in [-0.1, -0.05) is 36.4 Å². The van der Waals surface area contributed by atoms with E-state index >= 15 is 0 Å².